The summed E-state index contributed by atoms with van der Waals surface area (Å²) in [7, 11) is 1.56. The third-order valence-electron chi connectivity index (χ3n) is 9.56. The maximum absolute atomic E-state index is 12.7. The number of benzene rings is 1. The van der Waals surface area contributed by atoms with E-state index < -0.39 is 24.0 Å². The van der Waals surface area contributed by atoms with Crippen molar-refractivity contribution in [2.24, 2.45) is 22.7 Å². The first-order valence-electron chi connectivity index (χ1n) is 13.9. The Hall–Kier alpha value is -2.84. The van der Waals surface area contributed by atoms with Gasteiger partial charge >= 0.3 is 12.1 Å². The van der Waals surface area contributed by atoms with Crippen molar-refractivity contribution in [3.63, 3.8) is 0 Å². The van der Waals surface area contributed by atoms with E-state index in [1.165, 1.54) is 5.57 Å². The van der Waals surface area contributed by atoms with E-state index in [1.807, 2.05) is 19.9 Å². The van der Waals surface area contributed by atoms with Crippen molar-refractivity contribution in [3.05, 3.63) is 48.1 Å². The summed E-state index contributed by atoms with van der Waals surface area (Å²) < 4.78 is 28.7. The zero-order chi connectivity index (χ0) is 28.0. The Morgan fingerprint density at radius 2 is 2.00 bits per heavy atom. The number of carbonyl (C=O) groups is 2. The van der Waals surface area contributed by atoms with Crippen LogP contribution in [0.5, 0.6) is 5.75 Å². The Labute approximate surface area is 231 Å². The van der Waals surface area contributed by atoms with Crippen LogP contribution in [0.2, 0.25) is 0 Å². The minimum absolute atomic E-state index is 0.00551. The van der Waals surface area contributed by atoms with Gasteiger partial charge in [0.05, 0.1) is 25.4 Å². The number of carbonyl (C=O) groups excluding carboxylic acids is 2. The molecule has 2 heterocycles. The predicted molar refractivity (Wildman–Crippen MR) is 146 cm³/mol. The van der Waals surface area contributed by atoms with E-state index in [-0.39, 0.29) is 29.5 Å². The van der Waals surface area contributed by atoms with Crippen LogP contribution >= 0.6 is 0 Å². The van der Waals surface area contributed by atoms with Crippen LogP contribution in [0.4, 0.5) is 10.5 Å². The van der Waals surface area contributed by atoms with Crippen LogP contribution in [0.1, 0.15) is 59.8 Å². The minimum Gasteiger partial charge on any atom is -0.497 e. The molecule has 1 aromatic carbocycles. The average Bonchev–Trinajstić information content (AvgIpc) is 3.22. The summed E-state index contributed by atoms with van der Waals surface area (Å²) in [5, 5.41) is 2.70. The van der Waals surface area contributed by atoms with Gasteiger partial charge in [0.1, 0.15) is 12.4 Å². The molecule has 0 bridgehead atoms. The lowest BCUT2D eigenvalue weighted by atomic mass is 9.46. The monoisotopic (exact) mass is 539 g/mol. The first-order chi connectivity index (χ1) is 18.4. The number of cyclic esters (lactones) is 1. The molecule has 0 spiro atoms. The van der Waals surface area contributed by atoms with Gasteiger partial charge in [-0.25, -0.2) is 9.59 Å². The van der Waals surface area contributed by atoms with E-state index in [0.717, 1.165) is 25.7 Å². The van der Waals surface area contributed by atoms with E-state index in [2.05, 4.69) is 25.7 Å². The van der Waals surface area contributed by atoms with E-state index in [9.17, 15) is 9.59 Å². The molecule has 0 unspecified atom stereocenters. The van der Waals surface area contributed by atoms with Gasteiger partial charge < -0.3 is 23.7 Å². The highest BCUT2D eigenvalue weighted by atomic mass is 16.7. The second-order valence-electron chi connectivity index (χ2n) is 12.4. The van der Waals surface area contributed by atoms with Gasteiger partial charge in [-0.15, -0.1) is 0 Å². The molecule has 2 aliphatic heterocycles. The Balaban J connectivity index is 1.30. The number of methoxy groups -OCH3 is 1. The van der Waals surface area contributed by atoms with Gasteiger partial charge in [-0.05, 0) is 75.3 Å². The maximum Gasteiger partial charge on any atom is 0.412 e. The highest BCUT2D eigenvalue weighted by molar-refractivity contribution is 5.93. The number of anilines is 1. The zero-order valence-electron chi connectivity index (χ0n) is 23.7. The molecule has 4 aliphatic rings. The second-order valence-corrected chi connectivity index (χ2v) is 12.4. The smallest absolute Gasteiger partial charge is 0.412 e. The molecule has 1 aromatic rings. The molecule has 2 saturated heterocycles. The van der Waals surface area contributed by atoms with Crippen LogP contribution in [-0.2, 0) is 23.7 Å². The number of esters is 1. The Morgan fingerprint density at radius 3 is 2.77 bits per heavy atom. The Kier molecular flexibility index (Phi) is 7.31. The zero-order valence-corrected chi connectivity index (χ0v) is 23.7. The largest absolute Gasteiger partial charge is 0.497 e. The number of fused-ring (bicyclic) bond motifs is 3. The standard InChI is InChI=1S/C31H41NO7/c1-19-10-13-25-30(4,15-14-26-31(25,5)18-37-29(2,3)39-26)23(19)12-11-22-24(17-36-27(22)33)38-28(34)32-20-8-7-9-21(16-20)35-6/h7-9,11,16,23-26H,1,10,12-15,17-18H2,2-6H3,(H,32,34)/b22-11+/t23-,24-,25+,26-,30+,31+/m1/s1. The number of ether oxygens (including phenoxy) is 5. The van der Waals surface area contributed by atoms with Crippen molar-refractivity contribution < 1.29 is 33.3 Å². The first-order valence-corrected chi connectivity index (χ1v) is 13.9. The fourth-order valence-electron chi connectivity index (χ4n) is 7.49. The summed E-state index contributed by atoms with van der Waals surface area (Å²) in [6.07, 6.45) is 5.28. The summed E-state index contributed by atoms with van der Waals surface area (Å²) in [5.74, 6) is 0.215. The summed E-state index contributed by atoms with van der Waals surface area (Å²) in [6.45, 7) is 13.8. The average molecular weight is 540 g/mol. The fraction of sp³-hybridized carbons (Fsp3) is 0.613. The third-order valence-corrected chi connectivity index (χ3v) is 9.56. The van der Waals surface area contributed by atoms with Crippen molar-refractivity contribution >= 4 is 17.7 Å². The number of hydrogen-bond donors (Lipinski definition) is 1. The topological polar surface area (TPSA) is 92.3 Å². The summed E-state index contributed by atoms with van der Waals surface area (Å²) in [6, 6.07) is 6.99. The quantitative estimate of drug-likeness (QED) is 0.278. The molecule has 0 aromatic heterocycles. The van der Waals surface area contributed by atoms with Gasteiger partial charge in [0.15, 0.2) is 11.9 Å². The second kappa shape index (κ2) is 10.3. The van der Waals surface area contributed by atoms with Crippen LogP contribution in [-0.4, -0.2) is 50.4 Å². The molecule has 1 amide bonds. The predicted octanol–water partition coefficient (Wildman–Crippen LogP) is 6.03. The van der Waals surface area contributed by atoms with Crippen LogP contribution in [0.3, 0.4) is 0 Å². The van der Waals surface area contributed by atoms with Gasteiger partial charge in [0, 0.05) is 17.2 Å². The van der Waals surface area contributed by atoms with E-state index >= 15 is 0 Å². The molecular formula is C31H41NO7. The van der Waals surface area contributed by atoms with Crippen molar-refractivity contribution in [1.82, 2.24) is 0 Å². The van der Waals surface area contributed by atoms with E-state index in [1.54, 1.807) is 31.4 Å². The highest BCUT2D eigenvalue weighted by Gasteiger charge is 2.60. The summed E-state index contributed by atoms with van der Waals surface area (Å²) >= 11 is 0. The number of nitrogens with one attached hydrogen (secondary N) is 1. The molecule has 39 heavy (non-hydrogen) atoms. The van der Waals surface area contributed by atoms with Crippen molar-refractivity contribution in [1.29, 1.82) is 0 Å². The Bertz CT molecular complexity index is 1180. The van der Waals surface area contributed by atoms with Crippen LogP contribution in [0.25, 0.3) is 0 Å². The SMILES string of the molecule is C=C1CC[C@@H]2[C@]3(C)COC(C)(C)O[C@@H]3CC[C@@]2(C)[C@@H]1C/C=C1/C(=O)OC[C@H]1OC(=O)Nc1cccc(OC)c1. The number of hydrogen-bond acceptors (Lipinski definition) is 7. The van der Waals surface area contributed by atoms with Crippen LogP contribution in [0.15, 0.2) is 48.1 Å². The molecular weight excluding hydrogens is 498 g/mol. The first kappa shape index (κ1) is 27.7. The summed E-state index contributed by atoms with van der Waals surface area (Å²) in [5.41, 5.74) is 2.06. The molecule has 2 aliphatic carbocycles. The lowest BCUT2D eigenvalue weighted by Gasteiger charge is -2.63. The van der Waals surface area contributed by atoms with E-state index in [0.29, 0.717) is 36.0 Å². The lowest BCUT2D eigenvalue weighted by Crippen LogP contribution is -2.62. The molecule has 6 atom stereocenters. The third kappa shape index (κ3) is 5.21. The normalized spacial score (nSPS) is 36.5. The maximum atomic E-state index is 12.7. The summed E-state index contributed by atoms with van der Waals surface area (Å²) in [4.78, 5) is 25.3. The van der Waals surface area contributed by atoms with E-state index in [4.69, 9.17) is 23.7 Å². The van der Waals surface area contributed by atoms with Gasteiger partial charge in [-0.2, -0.15) is 0 Å². The van der Waals surface area contributed by atoms with Gasteiger partial charge in [0.25, 0.3) is 0 Å². The molecule has 2 saturated carbocycles. The fourth-order valence-corrected chi connectivity index (χ4v) is 7.49. The molecule has 212 valence electrons. The highest BCUT2D eigenvalue weighted by Crippen LogP contribution is 2.63. The van der Waals surface area contributed by atoms with Crippen molar-refractivity contribution in [2.75, 3.05) is 25.6 Å². The van der Waals surface area contributed by atoms with Gasteiger partial charge in [-0.3, -0.25) is 5.32 Å². The molecule has 8 nitrogen and oxygen atoms in total. The molecule has 5 rings (SSSR count). The molecule has 8 heteroatoms. The number of amides is 1. The van der Waals surface area contributed by atoms with Gasteiger partial charge in [-0.1, -0.05) is 38.1 Å². The van der Waals surface area contributed by atoms with Gasteiger partial charge in [0.2, 0.25) is 0 Å². The lowest BCUT2D eigenvalue weighted by molar-refractivity contribution is -0.344. The van der Waals surface area contributed by atoms with Crippen LogP contribution < -0.4 is 10.1 Å². The number of allylic oxidation sites excluding steroid dienone is 2. The molecule has 0 radical (unpaired) electrons. The van der Waals surface area contributed by atoms with Crippen molar-refractivity contribution in [2.45, 2.75) is 77.8 Å². The molecule has 1 N–H and O–H groups in total. The van der Waals surface area contributed by atoms with Crippen LogP contribution in [0, 0.1) is 22.7 Å². The van der Waals surface area contributed by atoms with Crippen molar-refractivity contribution in [3.8, 4) is 5.75 Å². The minimum atomic E-state index is -0.765. The number of rotatable bonds is 5. The Morgan fingerprint density at radius 1 is 1.21 bits per heavy atom. The molecule has 4 fully saturated rings.